The number of nitrogens with zero attached hydrogens (tertiary/aromatic N) is 2. The maximum absolute atomic E-state index is 8.72. The van der Waals surface area contributed by atoms with Crippen LogP contribution < -0.4 is 5.72 Å². The molecule has 0 unspecified atom stereocenters. The first-order valence-electron chi connectivity index (χ1n) is 3.39. The van der Waals surface area contributed by atoms with Crippen LogP contribution in [-0.4, -0.2) is 22.4 Å². The molecule has 1 rings (SSSR count). The van der Waals surface area contributed by atoms with Gasteiger partial charge in [-0.1, -0.05) is 18.4 Å². The molecule has 0 saturated carbocycles. The monoisotopic (exact) mass is 170 g/mol. The molecule has 0 spiro atoms. The van der Waals surface area contributed by atoms with E-state index in [4.69, 9.17) is 16.7 Å². The fourth-order valence-electron chi connectivity index (χ4n) is 0.696. The van der Waals surface area contributed by atoms with Crippen molar-refractivity contribution in [3.05, 3.63) is 16.9 Å². The second-order valence-corrected chi connectivity index (χ2v) is 2.47. The van der Waals surface area contributed by atoms with Crippen molar-refractivity contribution in [1.29, 1.82) is 0 Å². The van der Waals surface area contributed by atoms with Gasteiger partial charge < -0.3 is 5.11 Å². The van der Waals surface area contributed by atoms with Crippen molar-refractivity contribution in [2.45, 2.75) is 13.4 Å². The van der Waals surface area contributed by atoms with Gasteiger partial charge in [0.1, 0.15) is 5.15 Å². The Bertz CT molecular complexity index is 256. The van der Waals surface area contributed by atoms with E-state index in [0.29, 0.717) is 16.4 Å². The van der Waals surface area contributed by atoms with E-state index in [2.05, 4.69) is 9.97 Å². The Balaban J connectivity index is 2.99. The molecule has 0 bridgehead atoms. The predicted molar refractivity (Wildman–Crippen MR) is 45.6 cm³/mol. The number of rotatable bonds is 2. The van der Waals surface area contributed by atoms with E-state index in [-0.39, 0.29) is 6.61 Å². The maximum Gasteiger partial charge on any atom is 0.204 e. The minimum absolute atomic E-state index is 0.108. The summed E-state index contributed by atoms with van der Waals surface area (Å²) in [5, 5.41) is 9.06. The predicted octanol–water partition coefficient (Wildman–Crippen LogP) is -0.268. The van der Waals surface area contributed by atoms with Crippen LogP contribution in [0.25, 0.3) is 0 Å². The molecule has 0 aliphatic heterocycles. The number of aliphatic hydroxyl groups excluding tert-OH is 1. The summed E-state index contributed by atoms with van der Waals surface area (Å²) in [6.07, 6.45) is 1.55. The minimum atomic E-state index is -0.108. The van der Waals surface area contributed by atoms with Crippen LogP contribution in [0.2, 0.25) is 12.0 Å². The van der Waals surface area contributed by atoms with Gasteiger partial charge in [0.25, 0.3) is 0 Å². The summed E-state index contributed by atoms with van der Waals surface area (Å²) < 4.78 is 0. The molecular weight excluding hydrogens is 162 g/mol. The normalized spacial score (nSPS) is 9.73. The zero-order valence-electron chi connectivity index (χ0n) is 6.21. The topological polar surface area (TPSA) is 46.0 Å². The molecule has 1 N–H and O–H groups in total. The zero-order chi connectivity index (χ0) is 8.27. The summed E-state index contributed by atoms with van der Waals surface area (Å²) in [4.78, 5) is 7.93. The lowest BCUT2D eigenvalue weighted by molar-refractivity contribution is 0.281. The van der Waals surface area contributed by atoms with Crippen LogP contribution in [0, 0.1) is 0 Å². The lowest BCUT2D eigenvalue weighted by atomic mass is 9.81. The van der Waals surface area contributed by atoms with E-state index in [9.17, 15) is 0 Å². The molecule has 3 nitrogen and oxygen atoms in total. The fourth-order valence-corrected chi connectivity index (χ4v) is 0.902. The van der Waals surface area contributed by atoms with Gasteiger partial charge in [-0.05, 0) is 0 Å². The first-order valence-corrected chi connectivity index (χ1v) is 3.77. The van der Waals surface area contributed by atoms with Crippen LogP contribution >= 0.6 is 11.6 Å². The van der Waals surface area contributed by atoms with E-state index in [1.165, 1.54) is 0 Å². The van der Waals surface area contributed by atoms with Crippen molar-refractivity contribution in [1.82, 2.24) is 9.97 Å². The van der Waals surface area contributed by atoms with Gasteiger partial charge in [0.2, 0.25) is 7.28 Å². The number of halogens is 1. The Kier molecular flexibility index (Phi) is 2.85. The average molecular weight is 170 g/mol. The number of aliphatic hydroxyl groups is 1. The highest BCUT2D eigenvalue weighted by molar-refractivity contribution is 6.49. The first kappa shape index (κ1) is 8.49. The molecule has 58 valence electrons. The van der Waals surface area contributed by atoms with Gasteiger partial charge in [0.05, 0.1) is 12.3 Å². The summed E-state index contributed by atoms with van der Waals surface area (Å²) in [5.74, 6) is 0. The van der Waals surface area contributed by atoms with Gasteiger partial charge in [0.15, 0.2) is 0 Å². The third-order valence-corrected chi connectivity index (χ3v) is 1.68. The van der Waals surface area contributed by atoms with Crippen molar-refractivity contribution in [3.8, 4) is 0 Å². The van der Waals surface area contributed by atoms with Gasteiger partial charge in [-0.3, -0.25) is 4.98 Å². The first-order chi connectivity index (χ1) is 5.27. The molecule has 0 aliphatic rings. The van der Waals surface area contributed by atoms with Crippen LogP contribution in [0.15, 0.2) is 6.20 Å². The Morgan fingerprint density at radius 1 is 1.73 bits per heavy atom. The van der Waals surface area contributed by atoms with Gasteiger partial charge in [0, 0.05) is 11.8 Å². The van der Waals surface area contributed by atoms with E-state index in [0.717, 1.165) is 7.28 Å². The van der Waals surface area contributed by atoms with Gasteiger partial charge in [-0.2, -0.15) is 0 Å². The van der Waals surface area contributed by atoms with Crippen molar-refractivity contribution >= 4 is 24.6 Å². The minimum Gasteiger partial charge on any atom is -0.392 e. The van der Waals surface area contributed by atoms with Crippen molar-refractivity contribution < 1.29 is 5.11 Å². The smallest absolute Gasteiger partial charge is 0.204 e. The van der Waals surface area contributed by atoms with Crippen molar-refractivity contribution in [2.24, 2.45) is 0 Å². The van der Waals surface area contributed by atoms with E-state index in [1.54, 1.807) is 6.20 Å². The molecule has 11 heavy (non-hydrogen) atoms. The highest BCUT2D eigenvalue weighted by Gasteiger charge is 2.01. The molecule has 0 amide bonds. The molecule has 1 aromatic heterocycles. The third kappa shape index (κ3) is 1.91. The van der Waals surface area contributed by atoms with Crippen LogP contribution in [-0.2, 0) is 6.61 Å². The Morgan fingerprint density at radius 2 is 2.45 bits per heavy atom. The van der Waals surface area contributed by atoms with Gasteiger partial charge in [-0.25, -0.2) is 4.98 Å². The molecule has 5 heteroatoms. The summed E-state index contributed by atoms with van der Waals surface area (Å²) in [7, 11) is 0.755. The lowest BCUT2D eigenvalue weighted by Crippen LogP contribution is -2.20. The van der Waals surface area contributed by atoms with Crippen LogP contribution in [0.4, 0.5) is 0 Å². The largest absolute Gasteiger partial charge is 0.392 e. The summed E-state index contributed by atoms with van der Waals surface area (Å²) in [6.45, 7) is 1.84. The Labute approximate surface area is 70.7 Å². The molecule has 0 aromatic carbocycles. The zero-order valence-corrected chi connectivity index (χ0v) is 6.97. The van der Waals surface area contributed by atoms with E-state index in [1.807, 2.05) is 6.82 Å². The highest BCUT2D eigenvalue weighted by Crippen LogP contribution is 2.07. The van der Waals surface area contributed by atoms with Crippen LogP contribution in [0.5, 0.6) is 0 Å². The number of hydrogen-bond donors (Lipinski definition) is 1. The summed E-state index contributed by atoms with van der Waals surface area (Å²) in [6, 6.07) is 0. The molecule has 0 saturated heterocycles. The van der Waals surface area contributed by atoms with Crippen LogP contribution in [0.3, 0.4) is 0 Å². The van der Waals surface area contributed by atoms with Crippen LogP contribution in [0.1, 0.15) is 5.56 Å². The maximum atomic E-state index is 8.72. The standard InChI is InChI=1S/C6H8BClN2O/c1-7-6-9-2-4(3-11)5(8)10-6/h2,7,11H,3H2,1H3. The molecule has 1 aromatic rings. The second-order valence-electron chi connectivity index (χ2n) is 2.11. The Hall–Kier alpha value is -0.605. The van der Waals surface area contributed by atoms with Gasteiger partial charge in [-0.15, -0.1) is 0 Å². The third-order valence-electron chi connectivity index (χ3n) is 1.35. The average Bonchev–Trinajstić information content (AvgIpc) is 2.04. The SMILES string of the molecule is CBc1ncc(CO)c(Cl)n1. The molecule has 0 atom stereocenters. The molecular formula is C6H8BClN2O. The molecule has 0 radical (unpaired) electrons. The summed E-state index contributed by atoms with van der Waals surface area (Å²) >= 11 is 5.70. The molecule has 1 heterocycles. The van der Waals surface area contributed by atoms with E-state index < -0.39 is 0 Å². The molecule has 0 aliphatic carbocycles. The Morgan fingerprint density at radius 3 is 2.91 bits per heavy atom. The molecule has 0 fully saturated rings. The van der Waals surface area contributed by atoms with E-state index >= 15 is 0 Å². The highest BCUT2D eigenvalue weighted by atomic mass is 35.5. The lowest BCUT2D eigenvalue weighted by Gasteiger charge is -1.99. The van der Waals surface area contributed by atoms with Gasteiger partial charge >= 0.3 is 0 Å². The number of aromatic nitrogens is 2. The fraction of sp³-hybridized carbons (Fsp3) is 0.333. The summed E-state index contributed by atoms with van der Waals surface area (Å²) in [5.41, 5.74) is 1.27. The van der Waals surface area contributed by atoms with Crippen molar-refractivity contribution in [3.63, 3.8) is 0 Å². The quantitative estimate of drug-likeness (QED) is 0.491. The number of hydrogen-bond acceptors (Lipinski definition) is 3. The van der Waals surface area contributed by atoms with Crippen molar-refractivity contribution in [2.75, 3.05) is 0 Å². The second kappa shape index (κ2) is 3.69.